The Balaban J connectivity index is 0.000000799. The van der Waals surface area contributed by atoms with Crippen LogP contribution in [-0.2, 0) is 75.8 Å². The predicted molar refractivity (Wildman–Crippen MR) is 603 cm³/mol. The molecule has 6 heteroatoms. The Morgan fingerprint density at radius 2 is 0.358 bits per heavy atom. The Morgan fingerprint density at radius 3 is 0.635 bits per heavy atom. The van der Waals surface area contributed by atoms with Gasteiger partial charge < -0.3 is 0 Å². The van der Waals surface area contributed by atoms with Crippen LogP contribution in [0.25, 0.3) is 9.69 Å². The Morgan fingerprint density at radius 1 is 0.175 bits per heavy atom. The maximum absolute atomic E-state index is 14.8. The highest BCUT2D eigenvalue weighted by Gasteiger charge is 2.38. The second-order valence-electron chi connectivity index (χ2n) is 45.2. The van der Waals surface area contributed by atoms with Gasteiger partial charge in [0.1, 0.15) is 23.3 Å². The summed E-state index contributed by atoms with van der Waals surface area (Å²) in [6.45, 7) is 115. The molecule has 772 valence electrons. The smallest absolute Gasteiger partial charge is 0.191 e. The third-order valence-corrected chi connectivity index (χ3v) is 39.1. The van der Waals surface area contributed by atoms with Gasteiger partial charge in [0.15, 0.2) is 11.4 Å². The van der Waals surface area contributed by atoms with Gasteiger partial charge in [-0.25, -0.2) is 27.3 Å². The first-order valence-electron chi connectivity index (χ1n) is 55.3. The van der Waals surface area contributed by atoms with E-state index in [4.69, 9.17) is 13.1 Å². The Kier molecular flexibility index (Phi) is 52.2. The van der Waals surface area contributed by atoms with Crippen molar-refractivity contribution in [3.63, 3.8) is 0 Å². The first-order valence-corrected chi connectivity index (χ1v) is 55.3. The maximum atomic E-state index is 14.8. The van der Waals surface area contributed by atoms with E-state index in [-0.39, 0.29) is 77.6 Å². The molecule has 0 saturated heterocycles. The molecule has 0 radical (unpaired) electrons. The van der Waals surface area contributed by atoms with Crippen molar-refractivity contribution in [2.75, 3.05) is 0 Å². The molecule has 7 aromatic carbocycles. The SMILES string of the molecule is CCC(C)(CC)c1cc(C)c(C(C)(CC)CC)c(F)c1.CCC(C)(CC)c1cc(F)c(C(C)(CC)CC)c(F)c1.CCC(C)(CC)c1ccc(C(C)(CC)CC)c(C)c1.CCC(C)(CC)c1ccc(C(C)(CC)CC)c(F)c1.CCC(C)(CC)c1ccc(C(C)(CC)CC)cc1.[C-]#[N+]c1cc(C(C)(CC)CC)cc(C)c1C(C)(CC)CC.[C-]#[N+]c1cc(C(C)(CC)CC)ccc1C(C)(CC)CC. The molecule has 0 aliphatic rings. The summed E-state index contributed by atoms with van der Waals surface area (Å²) in [4.78, 5) is 7.71. The maximum Gasteiger partial charge on any atom is 0.191 e. The number of benzene rings is 7. The van der Waals surface area contributed by atoms with E-state index in [1.807, 2.05) is 26.8 Å². The fourth-order valence-corrected chi connectivity index (χ4v) is 20.2. The fourth-order valence-electron chi connectivity index (χ4n) is 20.2. The molecule has 0 aliphatic carbocycles. The van der Waals surface area contributed by atoms with Crippen LogP contribution in [-0.4, -0.2) is 0 Å². The van der Waals surface area contributed by atoms with Gasteiger partial charge in [0, 0.05) is 5.56 Å². The zero-order chi connectivity index (χ0) is 106. The van der Waals surface area contributed by atoms with Gasteiger partial charge in [-0.2, -0.15) is 0 Å². The lowest BCUT2D eigenvalue weighted by atomic mass is 9.71. The van der Waals surface area contributed by atoms with E-state index < -0.39 is 5.41 Å². The van der Waals surface area contributed by atoms with Gasteiger partial charge in [-0.15, -0.1) is 0 Å². The topological polar surface area (TPSA) is 8.72 Å². The highest BCUT2D eigenvalue weighted by Crippen LogP contribution is 2.49. The second kappa shape index (κ2) is 55.8. The molecular weight excluding hydrogens is 1680 g/mol. The van der Waals surface area contributed by atoms with Crippen LogP contribution in [0.5, 0.6) is 0 Å². The molecule has 2 nitrogen and oxygen atoms in total. The fraction of sp³-hybridized carbons (Fsp3) is 0.664. The molecule has 0 N–H and O–H groups in total. The normalized spacial score (nSPS) is 12.6. The minimum absolute atomic E-state index is 0.0145. The van der Waals surface area contributed by atoms with Crippen molar-refractivity contribution >= 4 is 11.4 Å². The third-order valence-electron chi connectivity index (χ3n) is 39.1. The van der Waals surface area contributed by atoms with Crippen LogP contribution in [0.1, 0.15) is 565 Å². The van der Waals surface area contributed by atoms with Gasteiger partial charge in [0.25, 0.3) is 0 Å². The Hall–Kier alpha value is -6.76. The lowest BCUT2D eigenvalue weighted by Crippen LogP contribution is -2.26. The molecule has 0 heterocycles. The Labute approximate surface area is 846 Å². The lowest BCUT2D eigenvalue weighted by molar-refractivity contribution is 0.383. The molecule has 137 heavy (non-hydrogen) atoms. The van der Waals surface area contributed by atoms with Crippen LogP contribution in [0.15, 0.2) is 115 Å². The first kappa shape index (κ1) is 128. The average molecular weight is 1890 g/mol. The minimum atomic E-state index is -0.429. The van der Waals surface area contributed by atoms with Crippen LogP contribution in [0.3, 0.4) is 0 Å². The van der Waals surface area contributed by atoms with E-state index in [9.17, 15) is 17.6 Å². The summed E-state index contributed by atoms with van der Waals surface area (Å²) >= 11 is 0. The van der Waals surface area contributed by atoms with Gasteiger partial charge in [-0.3, -0.25) is 0 Å². The molecule has 7 rings (SSSR count). The highest BCUT2D eigenvalue weighted by molar-refractivity contribution is 5.62. The molecule has 0 amide bonds. The second-order valence-corrected chi connectivity index (χ2v) is 45.2. The van der Waals surface area contributed by atoms with E-state index in [1.165, 1.54) is 107 Å². The number of nitrogens with zero attached hydrogens (tertiary/aromatic N) is 2. The average Bonchev–Trinajstić information content (AvgIpc) is 0.755. The molecular formula is C131H210F4N2. The van der Waals surface area contributed by atoms with E-state index in [2.05, 4.69) is 385 Å². The third kappa shape index (κ3) is 30.4. The van der Waals surface area contributed by atoms with Gasteiger partial charge in [0.05, 0.1) is 13.1 Å². The van der Waals surface area contributed by atoms with Crippen molar-refractivity contribution in [1.29, 1.82) is 0 Å². The Bertz CT molecular complexity index is 4540. The lowest BCUT2D eigenvalue weighted by Gasteiger charge is -2.34. The monoisotopic (exact) mass is 1890 g/mol. The molecule has 0 saturated carbocycles. The van der Waals surface area contributed by atoms with Gasteiger partial charge in [-0.05, 0) is 373 Å². The van der Waals surface area contributed by atoms with Crippen LogP contribution >= 0.6 is 0 Å². The number of rotatable bonds is 42. The molecule has 0 atom stereocenters. The summed E-state index contributed by atoms with van der Waals surface area (Å²) in [6.07, 6.45) is 29.7. The van der Waals surface area contributed by atoms with Crippen LogP contribution in [0, 0.1) is 57.2 Å². The highest BCUT2D eigenvalue weighted by atomic mass is 19.1. The molecule has 7 aromatic rings. The van der Waals surface area contributed by atoms with E-state index in [0.29, 0.717) is 21.7 Å². The summed E-state index contributed by atoms with van der Waals surface area (Å²) in [6, 6.07) is 40.7. The molecule has 0 unspecified atom stereocenters. The van der Waals surface area contributed by atoms with Crippen molar-refractivity contribution < 1.29 is 17.6 Å². The molecule has 0 spiro atoms. The summed E-state index contributed by atoms with van der Waals surface area (Å²) in [5.74, 6) is -0.824. The largest absolute Gasteiger partial charge is 0.238 e. The van der Waals surface area contributed by atoms with Gasteiger partial charge in [-0.1, -0.05) is 398 Å². The number of aryl methyl sites for hydroxylation is 3. The molecule has 0 fully saturated rings. The zero-order valence-electron chi connectivity index (χ0n) is 97.7. The molecule has 0 aromatic heterocycles. The minimum Gasteiger partial charge on any atom is -0.238 e. The van der Waals surface area contributed by atoms with Crippen molar-refractivity contribution in [3.05, 3.63) is 256 Å². The van der Waals surface area contributed by atoms with Crippen LogP contribution in [0.2, 0.25) is 0 Å². The standard InChI is InChI=1S/C20H31N.C19H31F.C19H29N.C19H32.C18H28F2.C18H29F.C18H30/c1-9-19(6,10-2)16-13-15(5)18(17(14-16)21-8)20(7,11-3)12-4;1-8-18(6,9-2)15-12-14(5)17(16(20)13-15)19(7,10-3)11-4;1-8-18(5,9-2)15-12-13-16(17(14-15)20-7)19(6,10-3)11-4;1-8-18(6,9-2)16-12-13-17(15(5)14-16)19(7,10-3)11-4;1-7-17(5,8-2)13-11-14(19)16(15(20)12-13)18(6,9-3)10-4;1-7-17(5,8-2)14-11-12-15(16(19)13-14)18(6,9-3)10-4;1-7-17(5,8-2)15-11-13-16(14-12-15)18(6,9-3)10-4/h13-14H,9-12H2,1-7H3;12-13H,8-11H2,1-7H3;12-14H,8-11H2,1-6H3;12-14H,8-11H2,1-7H3;11-12H,7-10H2,1-6H3;11-13H,7-10H2,1-6H3;11-14H,7-10H2,1-6H3. The van der Waals surface area contributed by atoms with E-state index in [0.717, 1.165) is 173 Å². The summed E-state index contributed by atoms with van der Waals surface area (Å²) in [7, 11) is 0. The first-order chi connectivity index (χ1) is 63.9. The number of hydrogen-bond acceptors (Lipinski definition) is 0. The number of hydrogen-bond donors (Lipinski definition) is 0. The van der Waals surface area contributed by atoms with Gasteiger partial charge >= 0.3 is 0 Å². The van der Waals surface area contributed by atoms with Crippen molar-refractivity contribution in [1.82, 2.24) is 0 Å². The van der Waals surface area contributed by atoms with Crippen molar-refractivity contribution in [2.45, 2.75) is 567 Å². The van der Waals surface area contributed by atoms with Crippen LogP contribution in [0.4, 0.5) is 28.9 Å². The predicted octanol–water partition coefficient (Wildman–Crippen LogP) is 43.5. The van der Waals surface area contributed by atoms with Crippen molar-refractivity contribution in [3.8, 4) is 0 Å². The molecule has 0 bridgehead atoms. The zero-order valence-corrected chi connectivity index (χ0v) is 97.7. The van der Waals surface area contributed by atoms with E-state index >= 15 is 0 Å². The van der Waals surface area contributed by atoms with Crippen molar-refractivity contribution in [2.24, 2.45) is 0 Å². The quantitative estimate of drug-likeness (QED) is 0.0266. The summed E-state index contributed by atoms with van der Waals surface area (Å²) < 4.78 is 58.4. The molecule has 0 aliphatic heterocycles. The van der Waals surface area contributed by atoms with Crippen LogP contribution < -0.4 is 0 Å². The van der Waals surface area contributed by atoms with Gasteiger partial charge in [0.2, 0.25) is 0 Å². The van der Waals surface area contributed by atoms with E-state index in [1.54, 1.807) is 24.3 Å². The summed E-state index contributed by atoms with van der Waals surface area (Å²) in [5.41, 5.74) is 23.3. The summed E-state index contributed by atoms with van der Waals surface area (Å²) in [5, 5.41) is 0. The number of halogens is 4.